The first kappa shape index (κ1) is 19.1. The fourth-order valence-electron chi connectivity index (χ4n) is 3.18. The molecule has 4 rings (SSSR count). The van der Waals surface area contributed by atoms with Crippen LogP contribution in [0.4, 0.5) is 11.4 Å². The van der Waals surface area contributed by atoms with Crippen LogP contribution in [0.3, 0.4) is 0 Å². The number of nitro benzene ring substituents is 1. The minimum absolute atomic E-state index is 0.120. The molecule has 7 heteroatoms. The van der Waals surface area contributed by atoms with Gasteiger partial charge in [-0.1, -0.05) is 36.4 Å². The highest BCUT2D eigenvalue weighted by Crippen LogP contribution is 2.24. The van der Waals surface area contributed by atoms with Gasteiger partial charge in [0.15, 0.2) is 0 Å². The fourth-order valence-corrected chi connectivity index (χ4v) is 3.18. The zero-order chi connectivity index (χ0) is 21.3. The number of para-hydroxylation sites is 1. The Kier molecular flexibility index (Phi) is 4.85. The summed E-state index contributed by atoms with van der Waals surface area (Å²) in [5, 5.41) is 14.6. The molecule has 0 aliphatic rings. The van der Waals surface area contributed by atoms with Crippen molar-refractivity contribution in [3.63, 3.8) is 0 Å². The third-order valence-corrected chi connectivity index (χ3v) is 4.74. The van der Waals surface area contributed by atoms with Gasteiger partial charge in [-0.05, 0) is 42.8 Å². The lowest BCUT2D eigenvalue weighted by Gasteiger charge is -2.08. The van der Waals surface area contributed by atoms with Crippen LogP contribution in [0, 0.1) is 17.0 Å². The molecule has 0 aliphatic carbocycles. The second-order valence-corrected chi connectivity index (χ2v) is 6.78. The van der Waals surface area contributed by atoms with Crippen LogP contribution in [0.1, 0.15) is 15.9 Å². The van der Waals surface area contributed by atoms with E-state index in [1.807, 2.05) is 12.1 Å². The Morgan fingerprint density at radius 3 is 2.60 bits per heavy atom. The molecule has 0 aliphatic heterocycles. The van der Waals surface area contributed by atoms with Crippen LogP contribution in [0.5, 0.6) is 0 Å². The van der Waals surface area contributed by atoms with Crippen LogP contribution >= 0.6 is 0 Å². The van der Waals surface area contributed by atoms with E-state index in [2.05, 4.69) is 5.32 Å². The molecule has 1 amide bonds. The average Bonchev–Trinajstić information content (AvgIpc) is 2.73. The molecular formula is C23H16N2O5. The topological polar surface area (TPSA) is 102 Å². The zero-order valence-electron chi connectivity index (χ0n) is 15.9. The van der Waals surface area contributed by atoms with Gasteiger partial charge in [0.25, 0.3) is 11.6 Å². The summed E-state index contributed by atoms with van der Waals surface area (Å²) in [6.45, 7) is 1.61. The van der Waals surface area contributed by atoms with Gasteiger partial charge in [-0.15, -0.1) is 0 Å². The minimum Gasteiger partial charge on any atom is -0.422 e. The molecule has 148 valence electrons. The summed E-state index contributed by atoms with van der Waals surface area (Å²) in [4.78, 5) is 35.6. The van der Waals surface area contributed by atoms with Gasteiger partial charge < -0.3 is 9.73 Å². The van der Waals surface area contributed by atoms with Gasteiger partial charge in [-0.2, -0.15) is 0 Å². The summed E-state index contributed by atoms with van der Waals surface area (Å²) in [5.74, 6) is -0.485. The lowest BCUT2D eigenvalue weighted by atomic mass is 10.0. The van der Waals surface area contributed by atoms with Crippen molar-refractivity contribution >= 4 is 28.3 Å². The summed E-state index contributed by atoms with van der Waals surface area (Å²) in [7, 11) is 0. The second kappa shape index (κ2) is 7.63. The van der Waals surface area contributed by atoms with E-state index in [1.165, 1.54) is 18.2 Å². The van der Waals surface area contributed by atoms with Crippen molar-refractivity contribution in [3.05, 3.63) is 104 Å². The van der Waals surface area contributed by atoms with Crippen LogP contribution in [0.2, 0.25) is 0 Å². The molecule has 3 aromatic carbocycles. The van der Waals surface area contributed by atoms with Gasteiger partial charge in [-0.3, -0.25) is 14.9 Å². The molecular weight excluding hydrogens is 384 g/mol. The quantitative estimate of drug-likeness (QED) is 0.297. The van der Waals surface area contributed by atoms with Gasteiger partial charge in [0.05, 0.1) is 10.5 Å². The number of aryl methyl sites for hydroxylation is 1. The first-order chi connectivity index (χ1) is 14.4. The smallest absolute Gasteiger partial charge is 0.344 e. The van der Waals surface area contributed by atoms with E-state index in [0.29, 0.717) is 28.0 Å². The van der Waals surface area contributed by atoms with E-state index in [1.54, 1.807) is 49.4 Å². The van der Waals surface area contributed by atoms with Crippen LogP contribution in [0.25, 0.3) is 22.1 Å². The standard InChI is InChI=1S/C23H16N2O5/c1-14-9-10-17(13-20(14)25(28)29)22(26)24-18-7-4-6-15(11-18)19-12-16-5-2-3-8-21(16)30-23(19)27/h2-13H,1H3,(H,24,26). The van der Waals surface area contributed by atoms with E-state index >= 15 is 0 Å². The summed E-state index contributed by atoms with van der Waals surface area (Å²) >= 11 is 0. The SMILES string of the molecule is Cc1ccc(C(=O)Nc2cccc(-c3cc4ccccc4oc3=O)c2)cc1[N+](=O)[O-]. The largest absolute Gasteiger partial charge is 0.422 e. The highest BCUT2D eigenvalue weighted by atomic mass is 16.6. The molecule has 1 N–H and O–H groups in total. The number of anilines is 1. The Balaban J connectivity index is 1.65. The van der Waals surface area contributed by atoms with E-state index < -0.39 is 16.5 Å². The number of rotatable bonds is 4. The van der Waals surface area contributed by atoms with Crippen LogP contribution in [0.15, 0.2) is 82.0 Å². The Morgan fingerprint density at radius 2 is 1.80 bits per heavy atom. The van der Waals surface area contributed by atoms with Crippen LogP contribution in [-0.4, -0.2) is 10.8 Å². The fraction of sp³-hybridized carbons (Fsp3) is 0.0435. The first-order valence-corrected chi connectivity index (χ1v) is 9.12. The number of carbonyl (C=O) groups is 1. The number of fused-ring (bicyclic) bond motifs is 1. The summed E-state index contributed by atoms with van der Waals surface area (Å²) in [6.07, 6.45) is 0. The van der Waals surface area contributed by atoms with Gasteiger partial charge in [0.2, 0.25) is 0 Å². The molecule has 0 spiro atoms. The lowest BCUT2D eigenvalue weighted by molar-refractivity contribution is -0.385. The van der Waals surface area contributed by atoms with E-state index in [-0.39, 0.29) is 11.3 Å². The number of hydrogen-bond donors (Lipinski definition) is 1. The third-order valence-electron chi connectivity index (χ3n) is 4.74. The number of nitrogens with zero attached hydrogens (tertiary/aromatic N) is 1. The van der Waals surface area contributed by atoms with Crippen LogP contribution < -0.4 is 10.9 Å². The lowest BCUT2D eigenvalue weighted by Crippen LogP contribution is -2.12. The molecule has 1 aromatic heterocycles. The van der Waals surface area contributed by atoms with Crippen molar-refractivity contribution in [2.45, 2.75) is 6.92 Å². The summed E-state index contributed by atoms with van der Waals surface area (Å²) in [6, 6.07) is 20.0. The third kappa shape index (κ3) is 3.68. The van der Waals surface area contributed by atoms with Crippen molar-refractivity contribution in [1.82, 2.24) is 0 Å². The highest BCUT2D eigenvalue weighted by molar-refractivity contribution is 6.05. The zero-order valence-corrected chi connectivity index (χ0v) is 15.9. The Hall–Kier alpha value is -4.26. The monoisotopic (exact) mass is 400 g/mol. The number of nitro groups is 1. The molecule has 0 saturated carbocycles. The van der Waals surface area contributed by atoms with Gasteiger partial charge in [0.1, 0.15) is 5.58 Å². The minimum atomic E-state index is -0.522. The maximum absolute atomic E-state index is 12.6. The first-order valence-electron chi connectivity index (χ1n) is 9.12. The van der Waals surface area contributed by atoms with Crippen molar-refractivity contribution in [2.24, 2.45) is 0 Å². The van der Waals surface area contributed by atoms with Gasteiger partial charge >= 0.3 is 5.63 Å². The Bertz CT molecular complexity index is 1360. The molecule has 4 aromatic rings. The van der Waals surface area contributed by atoms with Crippen molar-refractivity contribution in [2.75, 3.05) is 5.32 Å². The molecule has 0 radical (unpaired) electrons. The number of hydrogen-bond acceptors (Lipinski definition) is 5. The van der Waals surface area contributed by atoms with Gasteiger partial charge in [0, 0.05) is 28.3 Å². The highest BCUT2D eigenvalue weighted by Gasteiger charge is 2.15. The normalized spacial score (nSPS) is 10.7. The maximum Gasteiger partial charge on any atom is 0.344 e. The predicted molar refractivity (Wildman–Crippen MR) is 114 cm³/mol. The molecule has 0 fully saturated rings. The molecule has 0 bridgehead atoms. The van der Waals surface area contributed by atoms with Crippen molar-refractivity contribution < 1.29 is 14.1 Å². The molecule has 7 nitrogen and oxygen atoms in total. The predicted octanol–water partition coefficient (Wildman–Crippen LogP) is 4.93. The molecule has 0 saturated heterocycles. The van der Waals surface area contributed by atoms with Crippen molar-refractivity contribution in [3.8, 4) is 11.1 Å². The molecule has 30 heavy (non-hydrogen) atoms. The van der Waals surface area contributed by atoms with E-state index in [0.717, 1.165) is 5.39 Å². The average molecular weight is 400 g/mol. The number of nitrogens with one attached hydrogen (secondary N) is 1. The Morgan fingerprint density at radius 1 is 1.00 bits per heavy atom. The van der Waals surface area contributed by atoms with E-state index in [9.17, 15) is 19.7 Å². The molecule has 0 atom stereocenters. The van der Waals surface area contributed by atoms with Crippen LogP contribution in [-0.2, 0) is 0 Å². The Labute approximate surface area is 170 Å². The van der Waals surface area contributed by atoms with Crippen molar-refractivity contribution in [1.29, 1.82) is 0 Å². The molecule has 1 heterocycles. The number of carbonyl (C=O) groups excluding carboxylic acids is 1. The van der Waals surface area contributed by atoms with Gasteiger partial charge in [-0.25, -0.2) is 4.79 Å². The van der Waals surface area contributed by atoms with E-state index in [4.69, 9.17) is 4.42 Å². The number of benzene rings is 3. The number of amides is 1. The summed E-state index contributed by atoms with van der Waals surface area (Å²) < 4.78 is 5.38. The maximum atomic E-state index is 12.6. The second-order valence-electron chi connectivity index (χ2n) is 6.78. The molecule has 0 unspecified atom stereocenters. The summed E-state index contributed by atoms with van der Waals surface area (Å²) in [5.41, 5.74) is 1.95.